The van der Waals surface area contributed by atoms with E-state index >= 15 is 0 Å². The number of amides is 1. The number of carbonyl (C=O) groups is 1. The Balaban J connectivity index is 1.53. The minimum Gasteiger partial charge on any atom is -0.489 e. The second-order valence-electron chi connectivity index (χ2n) is 7.32. The third-order valence-corrected chi connectivity index (χ3v) is 5.87. The first-order chi connectivity index (χ1) is 14.6. The van der Waals surface area contributed by atoms with E-state index in [1.807, 2.05) is 45.0 Å². The van der Waals surface area contributed by atoms with Crippen LogP contribution in [0.3, 0.4) is 0 Å². The lowest BCUT2D eigenvalue weighted by atomic mass is 10.1. The minimum atomic E-state index is -3.74. The molecule has 0 radical (unpaired) electrons. The van der Waals surface area contributed by atoms with Crippen molar-refractivity contribution in [2.45, 2.75) is 44.7 Å². The maximum atomic E-state index is 12.4. The molecule has 0 saturated heterocycles. The number of rotatable bonds is 8. The molecular weight excluding hydrogens is 418 g/mol. The zero-order chi connectivity index (χ0) is 22.6. The lowest BCUT2D eigenvalue weighted by Gasteiger charge is -2.15. The Morgan fingerprint density at radius 3 is 2.32 bits per heavy atom. The van der Waals surface area contributed by atoms with Crippen molar-refractivity contribution in [3.63, 3.8) is 0 Å². The van der Waals surface area contributed by atoms with E-state index < -0.39 is 10.0 Å². The molecule has 0 bridgehead atoms. The highest BCUT2D eigenvalue weighted by Gasteiger charge is 2.13. The van der Waals surface area contributed by atoms with Gasteiger partial charge >= 0.3 is 0 Å². The van der Waals surface area contributed by atoms with E-state index in [1.54, 1.807) is 12.1 Å². The molecule has 0 spiro atoms. The van der Waals surface area contributed by atoms with Gasteiger partial charge in [-0.1, -0.05) is 29.4 Å². The molecule has 164 valence electrons. The summed E-state index contributed by atoms with van der Waals surface area (Å²) in [5, 5.41) is 11.9. The maximum absolute atomic E-state index is 12.4. The van der Waals surface area contributed by atoms with E-state index in [1.165, 1.54) is 12.1 Å². The molecular formula is C22H25N3O5S. The number of ether oxygens (including phenoxy) is 1. The number of primary sulfonamides is 1. The summed E-state index contributed by atoms with van der Waals surface area (Å²) in [4.78, 5) is 12.4. The van der Waals surface area contributed by atoms with Crippen LogP contribution in [0.15, 0.2) is 57.9 Å². The van der Waals surface area contributed by atoms with Crippen LogP contribution in [0, 0.1) is 13.8 Å². The van der Waals surface area contributed by atoms with Crippen molar-refractivity contribution in [3.8, 4) is 5.75 Å². The van der Waals surface area contributed by atoms with Gasteiger partial charge in [0.2, 0.25) is 15.9 Å². The van der Waals surface area contributed by atoms with Gasteiger partial charge in [0, 0.05) is 0 Å². The largest absolute Gasteiger partial charge is 0.489 e. The van der Waals surface area contributed by atoms with E-state index in [0.717, 1.165) is 28.1 Å². The standard InChI is InChI=1S/C22H25N3O5S/c1-14(18-6-10-20(11-7-18)31(23,27)28)24-22(26)12-17-4-8-19(9-5-17)29-13-21-15(2)25-30-16(21)3/h4-11,14H,12-13H2,1-3H3,(H,24,26)(H2,23,27,28)/t14-/m1/s1. The number of sulfonamides is 1. The van der Waals surface area contributed by atoms with Gasteiger partial charge in [0.1, 0.15) is 18.1 Å². The number of benzene rings is 2. The Bertz CT molecular complexity index is 1130. The molecule has 0 aliphatic heterocycles. The molecule has 3 rings (SSSR count). The molecule has 3 N–H and O–H groups in total. The van der Waals surface area contributed by atoms with E-state index in [9.17, 15) is 13.2 Å². The van der Waals surface area contributed by atoms with Crippen LogP contribution in [0.25, 0.3) is 0 Å². The van der Waals surface area contributed by atoms with Gasteiger partial charge in [-0.15, -0.1) is 0 Å². The van der Waals surface area contributed by atoms with Crippen LogP contribution in [-0.4, -0.2) is 19.5 Å². The van der Waals surface area contributed by atoms with Crippen molar-refractivity contribution in [1.29, 1.82) is 0 Å². The van der Waals surface area contributed by atoms with Gasteiger partial charge in [-0.25, -0.2) is 13.6 Å². The average Bonchev–Trinajstić information content (AvgIpc) is 3.04. The predicted octanol–water partition coefficient (Wildman–Crippen LogP) is 2.94. The van der Waals surface area contributed by atoms with Crippen molar-refractivity contribution in [2.75, 3.05) is 0 Å². The quantitative estimate of drug-likeness (QED) is 0.551. The summed E-state index contributed by atoms with van der Waals surface area (Å²) in [7, 11) is -3.74. The van der Waals surface area contributed by atoms with Gasteiger partial charge in [-0.3, -0.25) is 4.79 Å². The highest BCUT2D eigenvalue weighted by molar-refractivity contribution is 7.89. The van der Waals surface area contributed by atoms with Crippen LogP contribution in [0.2, 0.25) is 0 Å². The van der Waals surface area contributed by atoms with Crippen molar-refractivity contribution in [2.24, 2.45) is 5.14 Å². The molecule has 9 heteroatoms. The van der Waals surface area contributed by atoms with E-state index in [2.05, 4.69) is 10.5 Å². The van der Waals surface area contributed by atoms with Gasteiger partial charge in [0.15, 0.2) is 0 Å². The molecule has 0 unspecified atom stereocenters. The summed E-state index contributed by atoms with van der Waals surface area (Å²) in [5.41, 5.74) is 3.36. The number of hydrogen-bond donors (Lipinski definition) is 2. The Hall–Kier alpha value is -3.17. The van der Waals surface area contributed by atoms with Crippen molar-refractivity contribution < 1.29 is 22.5 Å². The van der Waals surface area contributed by atoms with Gasteiger partial charge in [-0.05, 0) is 56.2 Å². The summed E-state index contributed by atoms with van der Waals surface area (Å²) < 4.78 is 33.6. The van der Waals surface area contributed by atoms with E-state index in [0.29, 0.717) is 12.4 Å². The number of aromatic nitrogens is 1. The number of carbonyl (C=O) groups excluding carboxylic acids is 1. The molecule has 8 nitrogen and oxygen atoms in total. The zero-order valence-electron chi connectivity index (χ0n) is 17.6. The van der Waals surface area contributed by atoms with Crippen LogP contribution in [0.5, 0.6) is 5.75 Å². The molecule has 0 aliphatic carbocycles. The third-order valence-electron chi connectivity index (χ3n) is 4.94. The Kier molecular flexibility index (Phi) is 6.77. The summed E-state index contributed by atoms with van der Waals surface area (Å²) in [6.45, 7) is 5.90. The molecule has 1 atom stereocenters. The number of nitrogens with zero attached hydrogens (tertiary/aromatic N) is 1. The highest BCUT2D eigenvalue weighted by atomic mass is 32.2. The average molecular weight is 444 g/mol. The molecule has 0 aliphatic rings. The van der Waals surface area contributed by atoms with Crippen molar-refractivity contribution in [3.05, 3.63) is 76.7 Å². The van der Waals surface area contributed by atoms with Crippen LogP contribution >= 0.6 is 0 Å². The number of aryl methyl sites for hydroxylation is 2. The normalized spacial score (nSPS) is 12.4. The molecule has 0 fully saturated rings. The van der Waals surface area contributed by atoms with Gasteiger partial charge in [0.05, 0.1) is 28.6 Å². The molecule has 1 heterocycles. The van der Waals surface area contributed by atoms with Crippen molar-refractivity contribution in [1.82, 2.24) is 10.5 Å². The van der Waals surface area contributed by atoms with Gasteiger partial charge in [0.25, 0.3) is 0 Å². The highest BCUT2D eigenvalue weighted by Crippen LogP contribution is 2.19. The van der Waals surface area contributed by atoms with Gasteiger partial charge < -0.3 is 14.6 Å². The lowest BCUT2D eigenvalue weighted by Crippen LogP contribution is -2.28. The van der Waals surface area contributed by atoms with Gasteiger partial charge in [-0.2, -0.15) is 0 Å². The minimum absolute atomic E-state index is 0.0337. The molecule has 1 aromatic heterocycles. The second-order valence-corrected chi connectivity index (χ2v) is 8.88. The third kappa shape index (κ3) is 5.93. The van der Waals surface area contributed by atoms with Crippen LogP contribution in [0.1, 0.15) is 41.1 Å². The predicted molar refractivity (Wildman–Crippen MR) is 115 cm³/mol. The first-order valence-corrected chi connectivity index (χ1v) is 11.2. The smallest absolute Gasteiger partial charge is 0.238 e. The summed E-state index contributed by atoms with van der Waals surface area (Å²) >= 11 is 0. The molecule has 1 amide bonds. The fourth-order valence-corrected chi connectivity index (χ4v) is 3.59. The topological polar surface area (TPSA) is 125 Å². The Morgan fingerprint density at radius 2 is 1.77 bits per heavy atom. The van der Waals surface area contributed by atoms with E-state index in [4.69, 9.17) is 14.4 Å². The summed E-state index contributed by atoms with van der Waals surface area (Å²) in [6.07, 6.45) is 0.212. The molecule has 3 aromatic rings. The van der Waals surface area contributed by atoms with Crippen molar-refractivity contribution >= 4 is 15.9 Å². The molecule has 31 heavy (non-hydrogen) atoms. The Morgan fingerprint density at radius 1 is 1.13 bits per heavy atom. The zero-order valence-corrected chi connectivity index (χ0v) is 18.4. The summed E-state index contributed by atoms with van der Waals surface area (Å²) in [6, 6.07) is 13.2. The fourth-order valence-electron chi connectivity index (χ4n) is 3.07. The second kappa shape index (κ2) is 9.32. The molecule has 0 saturated carbocycles. The number of nitrogens with two attached hydrogens (primary N) is 1. The SMILES string of the molecule is Cc1noc(C)c1COc1ccc(CC(=O)N[C@H](C)c2ccc(S(N)(=O)=O)cc2)cc1. The van der Waals surface area contributed by atoms with Crippen LogP contribution in [-0.2, 0) is 27.8 Å². The first kappa shape index (κ1) is 22.5. The number of hydrogen-bond acceptors (Lipinski definition) is 6. The maximum Gasteiger partial charge on any atom is 0.238 e. The number of nitrogens with one attached hydrogen (secondary N) is 1. The van der Waals surface area contributed by atoms with Crippen LogP contribution < -0.4 is 15.2 Å². The molecule has 2 aromatic carbocycles. The fraction of sp³-hybridized carbons (Fsp3) is 0.273. The van der Waals surface area contributed by atoms with Crippen LogP contribution in [0.4, 0.5) is 0 Å². The summed E-state index contributed by atoms with van der Waals surface area (Å²) in [5.74, 6) is 1.28. The van der Waals surface area contributed by atoms with E-state index in [-0.39, 0.29) is 23.3 Å². The monoisotopic (exact) mass is 443 g/mol. The lowest BCUT2D eigenvalue weighted by molar-refractivity contribution is -0.121. The Labute approximate surface area is 181 Å². The first-order valence-electron chi connectivity index (χ1n) is 9.69.